The van der Waals surface area contributed by atoms with E-state index >= 15 is 0 Å². The second-order valence-corrected chi connectivity index (χ2v) is 6.79. The number of amides is 1. The molecule has 0 atom stereocenters. The van der Waals surface area contributed by atoms with Crippen LogP contribution >= 0.6 is 0 Å². The number of carbonyl (C=O) groups is 1. The van der Waals surface area contributed by atoms with Crippen LogP contribution in [0.1, 0.15) is 71.1 Å². The first-order chi connectivity index (χ1) is 9.45. The van der Waals surface area contributed by atoms with Crippen molar-refractivity contribution in [3.05, 3.63) is 0 Å². The molecule has 0 aliphatic carbocycles. The molecule has 0 bridgehead atoms. The van der Waals surface area contributed by atoms with Crippen molar-refractivity contribution >= 4 is 45.6 Å². The van der Waals surface area contributed by atoms with Gasteiger partial charge in [0, 0.05) is 13.0 Å². The second kappa shape index (κ2) is 15.3. The van der Waals surface area contributed by atoms with E-state index in [0.29, 0.717) is 6.42 Å². The molecule has 0 saturated heterocycles. The van der Waals surface area contributed by atoms with E-state index in [1.54, 1.807) is 0 Å². The summed E-state index contributed by atoms with van der Waals surface area (Å²) >= 11 is 0. The molecule has 0 aromatic rings. The van der Waals surface area contributed by atoms with Crippen LogP contribution in [0.5, 0.6) is 0 Å². The minimum atomic E-state index is -3.98. The van der Waals surface area contributed by atoms with Crippen molar-refractivity contribution in [2.75, 3.05) is 12.3 Å². The fourth-order valence-corrected chi connectivity index (χ4v) is 2.36. The van der Waals surface area contributed by atoms with Crippen molar-refractivity contribution in [3.8, 4) is 0 Å². The van der Waals surface area contributed by atoms with Crippen LogP contribution in [0.4, 0.5) is 0 Å². The van der Waals surface area contributed by atoms with Gasteiger partial charge in [-0.2, -0.15) is 8.42 Å². The van der Waals surface area contributed by atoms with E-state index in [9.17, 15) is 13.2 Å². The Hall–Kier alpha value is 0.380. The van der Waals surface area contributed by atoms with Gasteiger partial charge in [0.25, 0.3) is 10.1 Å². The maximum absolute atomic E-state index is 11.3. The molecule has 0 radical (unpaired) electrons. The molecular weight excluding hydrogens is 301 g/mol. The van der Waals surface area contributed by atoms with E-state index in [0.717, 1.165) is 19.3 Å². The van der Waals surface area contributed by atoms with Crippen LogP contribution in [0.3, 0.4) is 0 Å². The van der Waals surface area contributed by atoms with E-state index in [4.69, 9.17) is 4.55 Å². The number of hydrogen-bond donors (Lipinski definition) is 2. The molecule has 0 aliphatic heterocycles. The topological polar surface area (TPSA) is 83.5 Å². The molecule has 0 spiro atoms. The van der Waals surface area contributed by atoms with E-state index < -0.39 is 15.9 Å². The Labute approximate surface area is 151 Å². The van der Waals surface area contributed by atoms with Gasteiger partial charge in [-0.15, -0.1) is 0 Å². The summed E-state index contributed by atoms with van der Waals surface area (Å²) in [5, 5.41) is 2.49. The van der Waals surface area contributed by atoms with Crippen LogP contribution in [0.2, 0.25) is 0 Å². The van der Waals surface area contributed by atoms with Gasteiger partial charge in [0.1, 0.15) is 0 Å². The van der Waals surface area contributed by atoms with Crippen LogP contribution < -0.4 is 5.32 Å². The van der Waals surface area contributed by atoms with Crippen LogP contribution in [-0.2, 0) is 14.9 Å². The molecular formula is C14H30NNaO4S. The summed E-state index contributed by atoms with van der Waals surface area (Å²) in [6.45, 7) is 2.19. The Morgan fingerprint density at radius 3 is 1.90 bits per heavy atom. The van der Waals surface area contributed by atoms with Crippen molar-refractivity contribution in [2.24, 2.45) is 0 Å². The molecule has 0 saturated carbocycles. The predicted molar refractivity (Wildman–Crippen MR) is 88.4 cm³/mol. The van der Waals surface area contributed by atoms with Crippen molar-refractivity contribution in [3.63, 3.8) is 0 Å². The number of rotatable bonds is 13. The number of unbranched alkanes of at least 4 members (excludes halogenated alkanes) is 8. The van der Waals surface area contributed by atoms with Gasteiger partial charge in [-0.3, -0.25) is 9.35 Å². The molecule has 0 heterocycles. The summed E-state index contributed by atoms with van der Waals surface area (Å²) in [6.07, 6.45) is 11.2. The minimum absolute atomic E-state index is 0. The molecule has 0 aromatic heterocycles. The molecule has 0 unspecified atom stereocenters. The Morgan fingerprint density at radius 1 is 0.952 bits per heavy atom. The van der Waals surface area contributed by atoms with Gasteiger partial charge < -0.3 is 5.32 Å². The van der Waals surface area contributed by atoms with Gasteiger partial charge in [-0.25, -0.2) is 0 Å². The van der Waals surface area contributed by atoms with Gasteiger partial charge in [0.15, 0.2) is 0 Å². The number of nitrogens with one attached hydrogen (secondary N) is 1. The number of hydrogen-bond acceptors (Lipinski definition) is 3. The van der Waals surface area contributed by atoms with Gasteiger partial charge >= 0.3 is 29.6 Å². The summed E-state index contributed by atoms with van der Waals surface area (Å²) in [6, 6.07) is 0. The fraction of sp³-hybridized carbons (Fsp3) is 0.929. The molecule has 0 aromatic carbocycles. The zero-order valence-electron chi connectivity index (χ0n) is 12.6. The first kappa shape index (κ1) is 23.6. The van der Waals surface area contributed by atoms with Crippen LogP contribution in [0.25, 0.3) is 0 Å². The average Bonchev–Trinajstić information content (AvgIpc) is 2.35. The zero-order valence-corrected chi connectivity index (χ0v) is 13.4. The van der Waals surface area contributed by atoms with Gasteiger partial charge in [0.2, 0.25) is 5.91 Å². The maximum atomic E-state index is 11.3. The van der Waals surface area contributed by atoms with Gasteiger partial charge in [-0.1, -0.05) is 58.3 Å². The SMILES string of the molecule is CCCCCCCCCCCC(=O)NCCS(=O)(=O)O.[NaH]. The standard InChI is InChI=1S/C14H29NO4S.Na.H/c1-2-3-4-5-6-7-8-9-10-11-14(16)15-12-13-20(17,18)19;;/h2-13H2,1H3,(H,15,16)(H,17,18,19);;. The average molecular weight is 331 g/mol. The normalized spacial score (nSPS) is 11.0. The molecule has 122 valence electrons. The second-order valence-electron chi connectivity index (χ2n) is 5.21. The summed E-state index contributed by atoms with van der Waals surface area (Å²) < 4.78 is 29.4. The van der Waals surface area contributed by atoms with Gasteiger partial charge in [-0.05, 0) is 6.42 Å². The van der Waals surface area contributed by atoms with Crippen molar-refractivity contribution in [1.29, 1.82) is 0 Å². The predicted octanol–water partition coefficient (Wildman–Crippen LogP) is 2.26. The zero-order chi connectivity index (χ0) is 15.3. The fourth-order valence-electron chi connectivity index (χ4n) is 2.00. The van der Waals surface area contributed by atoms with Crippen molar-refractivity contribution in [1.82, 2.24) is 5.32 Å². The Balaban J connectivity index is 0. The molecule has 0 aliphatic rings. The van der Waals surface area contributed by atoms with Crippen molar-refractivity contribution < 1.29 is 17.8 Å². The quantitative estimate of drug-likeness (QED) is 0.308. The molecule has 7 heteroatoms. The first-order valence-electron chi connectivity index (χ1n) is 7.67. The van der Waals surface area contributed by atoms with E-state index in [2.05, 4.69) is 12.2 Å². The summed E-state index contributed by atoms with van der Waals surface area (Å²) in [5.74, 6) is -0.562. The first-order valence-corrected chi connectivity index (χ1v) is 9.28. The Bertz CT molecular complexity index is 347. The molecule has 1 amide bonds. The molecule has 0 rings (SSSR count). The molecule has 5 nitrogen and oxygen atoms in total. The van der Waals surface area contributed by atoms with Crippen LogP contribution in [0.15, 0.2) is 0 Å². The van der Waals surface area contributed by atoms with Gasteiger partial charge in [0.05, 0.1) is 5.75 Å². The summed E-state index contributed by atoms with van der Waals surface area (Å²) in [7, 11) is -3.98. The third kappa shape index (κ3) is 20.4. The third-order valence-corrected chi connectivity index (χ3v) is 3.91. The Kier molecular flexibility index (Phi) is 17.2. The number of carbonyl (C=O) groups excluding carboxylic acids is 1. The summed E-state index contributed by atoms with van der Waals surface area (Å²) in [4.78, 5) is 11.3. The van der Waals surface area contributed by atoms with Crippen LogP contribution in [0, 0.1) is 0 Å². The third-order valence-electron chi connectivity index (χ3n) is 3.19. The monoisotopic (exact) mass is 331 g/mol. The van der Waals surface area contributed by atoms with Crippen LogP contribution in [-0.4, -0.2) is 60.7 Å². The molecule has 21 heavy (non-hydrogen) atoms. The Morgan fingerprint density at radius 2 is 1.43 bits per heavy atom. The van der Waals surface area contributed by atoms with E-state index in [1.807, 2.05) is 0 Å². The summed E-state index contributed by atoms with van der Waals surface area (Å²) in [5.41, 5.74) is 0. The van der Waals surface area contributed by atoms with E-state index in [-0.39, 0.29) is 42.0 Å². The molecule has 0 fully saturated rings. The molecule has 2 N–H and O–H groups in total. The van der Waals surface area contributed by atoms with Crippen molar-refractivity contribution in [2.45, 2.75) is 71.1 Å². The van der Waals surface area contributed by atoms with E-state index in [1.165, 1.54) is 38.5 Å².